The van der Waals surface area contributed by atoms with Gasteiger partial charge in [0, 0.05) is 25.0 Å². The Morgan fingerprint density at radius 1 is 1.36 bits per heavy atom. The van der Waals surface area contributed by atoms with Gasteiger partial charge in [-0.3, -0.25) is 4.79 Å². The van der Waals surface area contributed by atoms with Gasteiger partial charge >= 0.3 is 0 Å². The van der Waals surface area contributed by atoms with E-state index in [1.165, 1.54) is 0 Å². The molecule has 1 aliphatic heterocycles. The molecule has 0 bridgehead atoms. The molecule has 0 spiro atoms. The van der Waals surface area contributed by atoms with E-state index in [0.717, 1.165) is 24.9 Å². The molecule has 1 aromatic carbocycles. The molecule has 0 aromatic heterocycles. The summed E-state index contributed by atoms with van der Waals surface area (Å²) in [4.78, 5) is 14.4. The van der Waals surface area contributed by atoms with Crippen LogP contribution in [0.15, 0.2) is 18.2 Å². The highest BCUT2D eigenvalue weighted by Crippen LogP contribution is 2.28. The second kappa shape index (κ2) is 7.49. The zero-order valence-electron chi connectivity index (χ0n) is 13.7. The second-order valence-corrected chi connectivity index (χ2v) is 5.98. The molecule has 2 unspecified atom stereocenters. The standard InChI is InChI=1S/C17H26N2O3/c1-12(17(20)19-8-4-5-14(18)11-19)9-13-6-7-15(21-2)16(10-13)22-3/h6-7,10,12,14H,4-5,8-9,11,18H2,1-3H3. The van der Waals surface area contributed by atoms with Gasteiger partial charge < -0.3 is 20.1 Å². The van der Waals surface area contributed by atoms with E-state index in [1.54, 1.807) is 14.2 Å². The van der Waals surface area contributed by atoms with E-state index in [2.05, 4.69) is 0 Å². The lowest BCUT2D eigenvalue weighted by molar-refractivity contribution is -0.136. The summed E-state index contributed by atoms with van der Waals surface area (Å²) in [7, 11) is 3.23. The molecule has 2 N–H and O–H groups in total. The highest BCUT2D eigenvalue weighted by atomic mass is 16.5. The third-order valence-corrected chi connectivity index (χ3v) is 4.18. The van der Waals surface area contributed by atoms with Crippen LogP contribution in [0.3, 0.4) is 0 Å². The number of hydrogen-bond donors (Lipinski definition) is 1. The van der Waals surface area contributed by atoms with Crippen LogP contribution in [0.1, 0.15) is 25.3 Å². The van der Waals surface area contributed by atoms with E-state index in [9.17, 15) is 4.79 Å². The molecular formula is C17H26N2O3. The minimum Gasteiger partial charge on any atom is -0.493 e. The van der Waals surface area contributed by atoms with Crippen molar-refractivity contribution >= 4 is 5.91 Å². The van der Waals surface area contributed by atoms with Crippen molar-refractivity contribution in [3.63, 3.8) is 0 Å². The normalized spacial score (nSPS) is 19.6. The fourth-order valence-corrected chi connectivity index (χ4v) is 2.97. The van der Waals surface area contributed by atoms with E-state index in [1.807, 2.05) is 30.0 Å². The summed E-state index contributed by atoms with van der Waals surface area (Å²) in [5.41, 5.74) is 7.03. The van der Waals surface area contributed by atoms with Crippen molar-refractivity contribution in [2.24, 2.45) is 11.7 Å². The molecule has 1 heterocycles. The smallest absolute Gasteiger partial charge is 0.225 e. The van der Waals surface area contributed by atoms with Gasteiger partial charge in [0.15, 0.2) is 11.5 Å². The maximum Gasteiger partial charge on any atom is 0.225 e. The van der Waals surface area contributed by atoms with E-state index in [4.69, 9.17) is 15.2 Å². The van der Waals surface area contributed by atoms with Crippen molar-refractivity contribution in [2.45, 2.75) is 32.2 Å². The predicted molar refractivity (Wildman–Crippen MR) is 86.2 cm³/mol. The van der Waals surface area contributed by atoms with Crippen LogP contribution in [-0.4, -0.2) is 44.2 Å². The van der Waals surface area contributed by atoms with E-state index < -0.39 is 0 Å². The third-order valence-electron chi connectivity index (χ3n) is 4.18. The minimum absolute atomic E-state index is 0.0663. The molecule has 1 aliphatic rings. The topological polar surface area (TPSA) is 64.8 Å². The average Bonchev–Trinajstić information content (AvgIpc) is 2.53. The number of nitrogens with zero attached hydrogens (tertiary/aromatic N) is 1. The molecule has 22 heavy (non-hydrogen) atoms. The van der Waals surface area contributed by atoms with Crippen LogP contribution in [0.5, 0.6) is 11.5 Å². The van der Waals surface area contributed by atoms with Crippen LogP contribution < -0.4 is 15.2 Å². The summed E-state index contributed by atoms with van der Waals surface area (Å²) in [6.07, 6.45) is 2.69. The second-order valence-electron chi connectivity index (χ2n) is 5.98. The van der Waals surface area contributed by atoms with Crippen LogP contribution in [0.4, 0.5) is 0 Å². The number of ether oxygens (including phenoxy) is 2. The van der Waals surface area contributed by atoms with Gasteiger partial charge in [-0.05, 0) is 37.0 Å². The zero-order chi connectivity index (χ0) is 16.1. The number of carbonyl (C=O) groups is 1. The van der Waals surface area contributed by atoms with Crippen molar-refractivity contribution in [3.05, 3.63) is 23.8 Å². The molecular weight excluding hydrogens is 280 g/mol. The van der Waals surface area contributed by atoms with Crippen LogP contribution in [0.2, 0.25) is 0 Å². The number of likely N-dealkylation sites (tertiary alicyclic amines) is 1. The quantitative estimate of drug-likeness (QED) is 0.901. The number of piperidine rings is 1. The monoisotopic (exact) mass is 306 g/mol. The van der Waals surface area contributed by atoms with Gasteiger partial charge in [-0.25, -0.2) is 0 Å². The number of hydrogen-bond acceptors (Lipinski definition) is 4. The SMILES string of the molecule is COc1ccc(CC(C)C(=O)N2CCCC(N)C2)cc1OC. The predicted octanol–water partition coefficient (Wildman–Crippen LogP) is 1.83. The summed E-state index contributed by atoms with van der Waals surface area (Å²) in [5, 5.41) is 0. The Labute approximate surface area is 132 Å². The van der Waals surface area contributed by atoms with Gasteiger partial charge in [-0.15, -0.1) is 0 Å². The van der Waals surface area contributed by atoms with Gasteiger partial charge in [-0.2, -0.15) is 0 Å². The van der Waals surface area contributed by atoms with Gasteiger partial charge in [0.25, 0.3) is 0 Å². The first-order valence-corrected chi connectivity index (χ1v) is 7.80. The highest BCUT2D eigenvalue weighted by Gasteiger charge is 2.25. The Hall–Kier alpha value is -1.75. The number of methoxy groups -OCH3 is 2. The first-order valence-electron chi connectivity index (χ1n) is 7.80. The third kappa shape index (κ3) is 3.91. The lowest BCUT2D eigenvalue weighted by atomic mass is 9.97. The van der Waals surface area contributed by atoms with E-state index >= 15 is 0 Å². The summed E-state index contributed by atoms with van der Waals surface area (Å²) < 4.78 is 10.5. The summed E-state index contributed by atoms with van der Waals surface area (Å²) >= 11 is 0. The average molecular weight is 306 g/mol. The summed E-state index contributed by atoms with van der Waals surface area (Å²) in [5.74, 6) is 1.51. The summed E-state index contributed by atoms with van der Waals surface area (Å²) in [6.45, 7) is 3.47. The Morgan fingerprint density at radius 3 is 2.73 bits per heavy atom. The van der Waals surface area contributed by atoms with Gasteiger partial charge in [0.2, 0.25) is 5.91 Å². The maximum absolute atomic E-state index is 12.5. The fourth-order valence-electron chi connectivity index (χ4n) is 2.97. The molecule has 2 atom stereocenters. The highest BCUT2D eigenvalue weighted by molar-refractivity contribution is 5.79. The van der Waals surface area contributed by atoms with E-state index in [0.29, 0.717) is 24.5 Å². The molecule has 1 amide bonds. The fraction of sp³-hybridized carbons (Fsp3) is 0.588. The largest absolute Gasteiger partial charge is 0.493 e. The Morgan fingerprint density at radius 2 is 2.09 bits per heavy atom. The maximum atomic E-state index is 12.5. The number of nitrogens with two attached hydrogens (primary N) is 1. The number of rotatable bonds is 5. The van der Waals surface area contributed by atoms with Crippen LogP contribution in [0, 0.1) is 5.92 Å². The summed E-state index contributed by atoms with van der Waals surface area (Å²) in [6, 6.07) is 5.91. The molecule has 0 radical (unpaired) electrons. The van der Waals surface area contributed by atoms with E-state index in [-0.39, 0.29) is 17.9 Å². The Bertz CT molecular complexity index is 519. The van der Waals surface area contributed by atoms with Gasteiger partial charge in [0.05, 0.1) is 14.2 Å². The molecule has 0 aliphatic carbocycles. The van der Waals surface area contributed by atoms with Crippen molar-refractivity contribution in [3.8, 4) is 11.5 Å². The first kappa shape index (κ1) is 16.6. The van der Waals surface area contributed by atoms with Crippen LogP contribution in [0.25, 0.3) is 0 Å². The van der Waals surface area contributed by atoms with Crippen LogP contribution in [-0.2, 0) is 11.2 Å². The molecule has 1 saturated heterocycles. The minimum atomic E-state index is -0.0663. The van der Waals surface area contributed by atoms with Gasteiger partial charge in [-0.1, -0.05) is 13.0 Å². The zero-order valence-corrected chi connectivity index (χ0v) is 13.7. The van der Waals surface area contributed by atoms with Crippen LogP contribution >= 0.6 is 0 Å². The molecule has 2 rings (SSSR count). The number of carbonyl (C=O) groups excluding carboxylic acids is 1. The molecule has 5 nitrogen and oxygen atoms in total. The first-order chi connectivity index (χ1) is 10.5. The molecule has 0 saturated carbocycles. The lowest BCUT2D eigenvalue weighted by Crippen LogP contribution is -2.47. The Balaban J connectivity index is 2.01. The van der Waals surface area contributed by atoms with Crippen molar-refractivity contribution < 1.29 is 14.3 Å². The van der Waals surface area contributed by atoms with Gasteiger partial charge in [0.1, 0.15) is 0 Å². The molecule has 1 fully saturated rings. The number of amides is 1. The lowest BCUT2D eigenvalue weighted by Gasteiger charge is -2.32. The number of benzene rings is 1. The molecule has 122 valence electrons. The molecule has 5 heteroatoms. The van der Waals surface area contributed by atoms with Crippen molar-refractivity contribution in [1.82, 2.24) is 4.90 Å². The van der Waals surface area contributed by atoms with Crippen molar-refractivity contribution in [2.75, 3.05) is 27.3 Å². The molecule has 1 aromatic rings. The van der Waals surface area contributed by atoms with Crippen molar-refractivity contribution in [1.29, 1.82) is 0 Å². The Kier molecular flexibility index (Phi) is 5.66.